The van der Waals surface area contributed by atoms with E-state index in [0.717, 1.165) is 0 Å². The minimum atomic E-state index is -0.208. The monoisotopic (exact) mass is 834 g/mol. The maximum Gasteiger partial charge on any atom is 0.0440 e. The lowest BCUT2D eigenvalue weighted by molar-refractivity contribution is 0.661. The number of fused-ring (bicyclic) bond motifs is 15. The Morgan fingerprint density at radius 3 is 1.56 bits per heavy atom. The first-order valence-electron chi connectivity index (χ1n) is 21.9. The summed E-state index contributed by atoms with van der Waals surface area (Å²) in [7, 11) is 0. The van der Waals surface area contributed by atoms with Crippen LogP contribution in [0.4, 0.5) is 0 Å². The van der Waals surface area contributed by atoms with Crippen LogP contribution in [0.3, 0.4) is 0 Å². The van der Waals surface area contributed by atoms with Gasteiger partial charge in [0.2, 0.25) is 0 Å². The molecule has 2 aromatic heterocycles. The number of hydrogen-bond acceptors (Lipinski definition) is 2. The van der Waals surface area contributed by atoms with Crippen LogP contribution in [0.25, 0.3) is 128 Å². The topological polar surface area (TPSA) is 0 Å². The Kier molecular flexibility index (Phi) is 7.31. The lowest BCUT2D eigenvalue weighted by atomic mass is 9.79. The molecule has 0 fully saturated rings. The van der Waals surface area contributed by atoms with Crippen molar-refractivity contribution in [2.75, 3.05) is 0 Å². The van der Waals surface area contributed by atoms with Gasteiger partial charge in [-0.25, -0.2) is 0 Å². The van der Waals surface area contributed by atoms with Crippen LogP contribution in [0.15, 0.2) is 194 Å². The first-order valence-corrected chi connectivity index (χ1v) is 23.5. The van der Waals surface area contributed by atoms with E-state index in [4.69, 9.17) is 0 Å². The predicted octanol–water partition coefficient (Wildman–Crippen LogP) is 18.3. The van der Waals surface area contributed by atoms with E-state index >= 15 is 0 Å². The van der Waals surface area contributed by atoms with Crippen molar-refractivity contribution in [2.45, 2.75) is 19.3 Å². The Bertz CT molecular complexity index is 4060. The fraction of sp³-hybridized carbons (Fsp3) is 0.0492. The van der Waals surface area contributed by atoms with Gasteiger partial charge in [-0.3, -0.25) is 0 Å². The molecular formula is C61H38S2. The summed E-state index contributed by atoms with van der Waals surface area (Å²) in [5, 5.41) is 15.8. The van der Waals surface area contributed by atoms with Crippen molar-refractivity contribution in [2.24, 2.45) is 0 Å². The number of benzene rings is 11. The van der Waals surface area contributed by atoms with E-state index in [2.05, 4.69) is 208 Å². The van der Waals surface area contributed by atoms with Crippen LogP contribution in [-0.4, -0.2) is 0 Å². The molecule has 294 valence electrons. The molecule has 0 N–H and O–H groups in total. The third-order valence-corrected chi connectivity index (χ3v) is 16.7. The maximum atomic E-state index is 2.52. The molecule has 11 aromatic carbocycles. The summed E-state index contributed by atoms with van der Waals surface area (Å²) >= 11 is 3.86. The van der Waals surface area contributed by atoms with Gasteiger partial charge in [-0.1, -0.05) is 178 Å². The van der Waals surface area contributed by atoms with Gasteiger partial charge in [0.05, 0.1) is 0 Å². The van der Waals surface area contributed by atoms with Gasteiger partial charge in [0, 0.05) is 56.7 Å². The van der Waals surface area contributed by atoms with Crippen molar-refractivity contribution in [3.05, 3.63) is 205 Å². The lowest BCUT2D eigenvalue weighted by Gasteiger charge is -2.23. The highest BCUT2D eigenvalue weighted by Gasteiger charge is 2.36. The molecule has 0 amide bonds. The molecule has 0 bridgehead atoms. The second-order valence-corrected chi connectivity index (χ2v) is 20.0. The summed E-state index contributed by atoms with van der Waals surface area (Å²) in [4.78, 5) is 0. The van der Waals surface area contributed by atoms with Crippen molar-refractivity contribution in [1.82, 2.24) is 0 Å². The zero-order valence-electron chi connectivity index (χ0n) is 34.8. The molecule has 0 saturated carbocycles. The summed E-state index contributed by atoms with van der Waals surface area (Å²) in [6.07, 6.45) is 0. The Hall–Kier alpha value is -7.10. The van der Waals surface area contributed by atoms with E-state index in [1.54, 1.807) is 0 Å². The second kappa shape index (κ2) is 13.0. The van der Waals surface area contributed by atoms with E-state index in [0.29, 0.717) is 0 Å². The summed E-state index contributed by atoms with van der Waals surface area (Å²) in [6.45, 7) is 4.86. The number of thiophene rings is 2. The van der Waals surface area contributed by atoms with Crippen molar-refractivity contribution in [1.29, 1.82) is 0 Å². The fourth-order valence-corrected chi connectivity index (χ4v) is 13.8. The third kappa shape index (κ3) is 4.91. The summed E-state index contributed by atoms with van der Waals surface area (Å²) in [6, 6.07) is 73.3. The van der Waals surface area contributed by atoms with E-state index in [9.17, 15) is 0 Å². The van der Waals surface area contributed by atoms with E-state index in [1.165, 1.54) is 139 Å². The minimum absolute atomic E-state index is 0.208. The summed E-state index contributed by atoms with van der Waals surface area (Å²) in [5.74, 6) is 0. The van der Waals surface area contributed by atoms with Gasteiger partial charge >= 0.3 is 0 Å². The molecule has 0 radical (unpaired) electrons. The molecule has 0 saturated heterocycles. The molecule has 0 spiro atoms. The Labute approximate surface area is 372 Å². The zero-order valence-corrected chi connectivity index (χ0v) is 36.4. The first kappa shape index (κ1) is 35.5. The van der Waals surface area contributed by atoms with E-state index in [-0.39, 0.29) is 5.41 Å². The van der Waals surface area contributed by atoms with E-state index < -0.39 is 0 Å². The van der Waals surface area contributed by atoms with Crippen LogP contribution in [0.1, 0.15) is 25.0 Å². The second-order valence-electron chi connectivity index (χ2n) is 17.9. The van der Waals surface area contributed by atoms with Crippen molar-refractivity contribution in [3.8, 4) is 44.5 Å². The van der Waals surface area contributed by atoms with Gasteiger partial charge in [-0.15, -0.1) is 22.7 Å². The Morgan fingerprint density at radius 2 is 0.841 bits per heavy atom. The first-order chi connectivity index (χ1) is 31.0. The van der Waals surface area contributed by atoms with Gasteiger partial charge in [0.1, 0.15) is 0 Å². The Morgan fingerprint density at radius 1 is 0.317 bits per heavy atom. The third-order valence-electron chi connectivity index (χ3n) is 14.2. The Balaban J connectivity index is 0.963. The van der Waals surface area contributed by atoms with Gasteiger partial charge in [-0.05, 0) is 118 Å². The zero-order chi connectivity index (χ0) is 41.6. The smallest absolute Gasteiger partial charge is 0.0440 e. The predicted molar refractivity (Wildman–Crippen MR) is 276 cm³/mol. The summed E-state index contributed by atoms with van der Waals surface area (Å²) in [5.41, 5.74) is 13.0. The average molecular weight is 835 g/mol. The highest BCUT2D eigenvalue weighted by Crippen LogP contribution is 2.54. The molecule has 0 aliphatic heterocycles. The highest BCUT2D eigenvalue weighted by atomic mass is 32.1. The molecule has 63 heavy (non-hydrogen) atoms. The van der Waals surface area contributed by atoms with Crippen LogP contribution in [0.2, 0.25) is 0 Å². The highest BCUT2D eigenvalue weighted by molar-refractivity contribution is 7.27. The molecule has 0 atom stereocenters. The number of rotatable bonds is 3. The van der Waals surface area contributed by atoms with Crippen LogP contribution in [-0.2, 0) is 5.41 Å². The maximum absolute atomic E-state index is 2.52. The van der Waals surface area contributed by atoms with Gasteiger partial charge in [0.25, 0.3) is 0 Å². The van der Waals surface area contributed by atoms with Crippen LogP contribution >= 0.6 is 22.7 Å². The van der Waals surface area contributed by atoms with Gasteiger partial charge in [-0.2, -0.15) is 0 Å². The molecule has 13 aromatic rings. The lowest BCUT2D eigenvalue weighted by Crippen LogP contribution is -2.15. The molecule has 1 aliphatic rings. The SMILES string of the molecule is CC1(C)c2cc(-c3c4ccccc4c(-c4cccc5ccccc45)c4ccccc34)ccc2-c2ccc(-c3cc4c(ccc5c6ccccc6sc54)c4c3sc3ccccc34)cc21. The molecule has 0 nitrogen and oxygen atoms in total. The summed E-state index contributed by atoms with van der Waals surface area (Å²) < 4.78 is 5.42. The minimum Gasteiger partial charge on any atom is -0.135 e. The van der Waals surface area contributed by atoms with Crippen molar-refractivity contribution >= 4 is 106 Å². The van der Waals surface area contributed by atoms with Gasteiger partial charge < -0.3 is 0 Å². The normalized spacial score (nSPS) is 13.4. The van der Waals surface area contributed by atoms with Crippen molar-refractivity contribution in [3.63, 3.8) is 0 Å². The van der Waals surface area contributed by atoms with Crippen LogP contribution < -0.4 is 0 Å². The van der Waals surface area contributed by atoms with Gasteiger partial charge in [0.15, 0.2) is 0 Å². The molecule has 0 unspecified atom stereocenters. The van der Waals surface area contributed by atoms with Crippen LogP contribution in [0.5, 0.6) is 0 Å². The molecule has 2 heteroatoms. The molecule has 2 heterocycles. The molecule has 14 rings (SSSR count). The number of hydrogen-bond donors (Lipinski definition) is 0. The quantitative estimate of drug-likeness (QED) is 0.156. The standard InChI is InChI=1S/C61H38S2/c1-61(2)52-32-36(50-34-51-47(58-49-22-10-12-25-55(49)63-60(50)58)30-31-48-41-17-9-11-24-54(41)62-59(48)51)26-28-39(52)40-29-27-37(33-53(40)61)56-43-18-5-7-20-45(43)57(46-21-8-6-19-44(46)56)42-23-13-15-35-14-3-4-16-38(35)42/h3-34H,1-2H3. The largest absolute Gasteiger partial charge is 0.135 e. The average Bonchev–Trinajstić information content (AvgIpc) is 3.98. The van der Waals surface area contributed by atoms with E-state index in [1.807, 2.05) is 22.7 Å². The molecule has 1 aliphatic carbocycles. The van der Waals surface area contributed by atoms with Crippen molar-refractivity contribution < 1.29 is 0 Å². The van der Waals surface area contributed by atoms with Crippen LogP contribution in [0, 0.1) is 0 Å². The fourth-order valence-electron chi connectivity index (χ4n) is 11.3. The molecular weight excluding hydrogens is 797 g/mol.